The molecule has 0 saturated heterocycles. The van der Waals surface area contributed by atoms with Crippen LogP contribution in [0.2, 0.25) is 0 Å². The maximum absolute atomic E-state index is 11.3. The lowest BCUT2D eigenvalue weighted by atomic mass is 9.93. The quantitative estimate of drug-likeness (QED) is 0.794. The Labute approximate surface area is 83.6 Å². The molecule has 1 aromatic carbocycles. The lowest BCUT2D eigenvalue weighted by molar-refractivity contribution is -0.121. The molecule has 0 radical (unpaired) electrons. The van der Waals surface area contributed by atoms with Crippen molar-refractivity contribution in [1.29, 1.82) is 0 Å². The molecular weight excluding hydrogens is 176 g/mol. The number of benzene rings is 1. The highest BCUT2D eigenvalue weighted by atomic mass is 16.3. The van der Waals surface area contributed by atoms with Gasteiger partial charge in [0.05, 0.1) is 0 Å². The SMILES string of the molecule is CC(=O)C1(Cc2ccc(O)cc2)CC1. The van der Waals surface area contributed by atoms with E-state index in [4.69, 9.17) is 5.11 Å². The molecule has 2 heteroatoms. The molecule has 2 rings (SSSR count). The van der Waals surface area contributed by atoms with Crippen LogP contribution in [0.5, 0.6) is 5.75 Å². The first-order chi connectivity index (χ1) is 6.62. The highest BCUT2D eigenvalue weighted by Crippen LogP contribution is 2.49. The van der Waals surface area contributed by atoms with E-state index in [-0.39, 0.29) is 11.2 Å². The molecule has 1 aromatic rings. The summed E-state index contributed by atoms with van der Waals surface area (Å²) in [6, 6.07) is 7.12. The third-order valence-electron chi connectivity index (χ3n) is 3.08. The number of ketones is 1. The van der Waals surface area contributed by atoms with E-state index in [1.807, 2.05) is 12.1 Å². The summed E-state index contributed by atoms with van der Waals surface area (Å²) >= 11 is 0. The summed E-state index contributed by atoms with van der Waals surface area (Å²) in [5.41, 5.74) is 1.06. The van der Waals surface area contributed by atoms with Gasteiger partial charge in [0.2, 0.25) is 0 Å². The van der Waals surface area contributed by atoms with Gasteiger partial charge in [-0.3, -0.25) is 4.79 Å². The monoisotopic (exact) mass is 190 g/mol. The lowest BCUT2D eigenvalue weighted by Crippen LogP contribution is -2.14. The minimum Gasteiger partial charge on any atom is -0.508 e. The Morgan fingerprint density at radius 3 is 2.36 bits per heavy atom. The Hall–Kier alpha value is -1.31. The van der Waals surface area contributed by atoms with Gasteiger partial charge in [0.15, 0.2) is 0 Å². The van der Waals surface area contributed by atoms with Gasteiger partial charge in [-0.05, 0) is 43.9 Å². The molecule has 74 valence electrons. The third kappa shape index (κ3) is 1.65. The number of phenols is 1. The number of hydrogen-bond donors (Lipinski definition) is 1. The lowest BCUT2D eigenvalue weighted by Gasteiger charge is -2.10. The van der Waals surface area contributed by atoms with Gasteiger partial charge < -0.3 is 5.11 Å². The van der Waals surface area contributed by atoms with Crippen molar-refractivity contribution in [3.63, 3.8) is 0 Å². The first-order valence-electron chi connectivity index (χ1n) is 4.91. The van der Waals surface area contributed by atoms with E-state index < -0.39 is 0 Å². The summed E-state index contributed by atoms with van der Waals surface area (Å²) in [6.45, 7) is 1.67. The van der Waals surface area contributed by atoms with Crippen LogP contribution in [-0.2, 0) is 11.2 Å². The molecule has 0 atom stereocenters. The summed E-state index contributed by atoms with van der Waals surface area (Å²) in [4.78, 5) is 11.3. The molecule has 1 N–H and O–H groups in total. The zero-order valence-corrected chi connectivity index (χ0v) is 8.29. The van der Waals surface area contributed by atoms with Crippen molar-refractivity contribution in [2.45, 2.75) is 26.2 Å². The van der Waals surface area contributed by atoms with Crippen LogP contribution in [0.1, 0.15) is 25.3 Å². The molecule has 0 aliphatic heterocycles. The zero-order chi connectivity index (χ0) is 10.2. The molecule has 2 nitrogen and oxygen atoms in total. The van der Waals surface area contributed by atoms with Gasteiger partial charge >= 0.3 is 0 Å². The number of carbonyl (C=O) groups excluding carboxylic acids is 1. The number of hydrogen-bond acceptors (Lipinski definition) is 2. The highest BCUT2D eigenvalue weighted by molar-refractivity contribution is 5.85. The molecule has 0 bridgehead atoms. The minimum absolute atomic E-state index is 0.0724. The van der Waals surface area contributed by atoms with E-state index in [9.17, 15) is 4.79 Å². The van der Waals surface area contributed by atoms with Crippen molar-refractivity contribution in [2.75, 3.05) is 0 Å². The average Bonchev–Trinajstić information content (AvgIpc) is 2.90. The number of Topliss-reactive ketones (excluding diaryl/α,β-unsaturated/α-hetero) is 1. The van der Waals surface area contributed by atoms with Crippen LogP contribution >= 0.6 is 0 Å². The maximum Gasteiger partial charge on any atom is 0.136 e. The second-order valence-corrected chi connectivity index (χ2v) is 4.18. The fourth-order valence-electron chi connectivity index (χ4n) is 1.81. The molecule has 0 aromatic heterocycles. The van der Waals surface area contributed by atoms with Crippen LogP contribution < -0.4 is 0 Å². The molecule has 14 heavy (non-hydrogen) atoms. The normalized spacial score (nSPS) is 17.8. The number of rotatable bonds is 3. The predicted molar refractivity (Wildman–Crippen MR) is 54.2 cm³/mol. The van der Waals surface area contributed by atoms with Crippen LogP contribution in [0.15, 0.2) is 24.3 Å². The average molecular weight is 190 g/mol. The van der Waals surface area contributed by atoms with Crippen molar-refractivity contribution < 1.29 is 9.90 Å². The predicted octanol–water partition coefficient (Wildman–Crippen LogP) is 2.30. The summed E-state index contributed by atoms with van der Waals surface area (Å²) in [6.07, 6.45) is 2.86. The second-order valence-electron chi connectivity index (χ2n) is 4.18. The number of phenolic OH excluding ortho intramolecular Hbond substituents is 1. The Kier molecular flexibility index (Phi) is 2.06. The Morgan fingerprint density at radius 1 is 1.36 bits per heavy atom. The molecule has 1 saturated carbocycles. The maximum atomic E-state index is 11.3. The first kappa shape index (κ1) is 9.25. The Balaban J connectivity index is 2.11. The van der Waals surface area contributed by atoms with Crippen molar-refractivity contribution in [1.82, 2.24) is 0 Å². The first-order valence-corrected chi connectivity index (χ1v) is 4.91. The fraction of sp³-hybridized carbons (Fsp3) is 0.417. The van der Waals surface area contributed by atoms with Gasteiger partial charge in [0, 0.05) is 5.41 Å². The minimum atomic E-state index is -0.0724. The standard InChI is InChI=1S/C12H14O2/c1-9(13)12(6-7-12)8-10-2-4-11(14)5-3-10/h2-5,14H,6-8H2,1H3. The van der Waals surface area contributed by atoms with Gasteiger partial charge in [-0.15, -0.1) is 0 Å². The summed E-state index contributed by atoms with van der Waals surface area (Å²) in [5, 5.41) is 9.11. The molecule has 1 fully saturated rings. The van der Waals surface area contributed by atoms with Crippen LogP contribution in [0.25, 0.3) is 0 Å². The van der Waals surface area contributed by atoms with E-state index in [1.165, 1.54) is 0 Å². The van der Waals surface area contributed by atoms with Gasteiger partial charge in [-0.2, -0.15) is 0 Å². The van der Waals surface area contributed by atoms with E-state index in [0.29, 0.717) is 5.78 Å². The van der Waals surface area contributed by atoms with Gasteiger partial charge in [0.25, 0.3) is 0 Å². The molecule has 0 heterocycles. The van der Waals surface area contributed by atoms with E-state index in [0.717, 1.165) is 24.8 Å². The topological polar surface area (TPSA) is 37.3 Å². The van der Waals surface area contributed by atoms with Gasteiger partial charge in [-0.25, -0.2) is 0 Å². The van der Waals surface area contributed by atoms with Crippen LogP contribution in [0, 0.1) is 5.41 Å². The Bertz CT molecular complexity index is 347. The number of carbonyl (C=O) groups is 1. The van der Waals surface area contributed by atoms with Crippen molar-refractivity contribution in [2.24, 2.45) is 5.41 Å². The molecule has 1 aliphatic carbocycles. The van der Waals surface area contributed by atoms with Crippen LogP contribution in [0.3, 0.4) is 0 Å². The van der Waals surface area contributed by atoms with Crippen molar-refractivity contribution in [3.05, 3.63) is 29.8 Å². The van der Waals surface area contributed by atoms with Gasteiger partial charge in [0.1, 0.15) is 11.5 Å². The van der Waals surface area contributed by atoms with E-state index >= 15 is 0 Å². The van der Waals surface area contributed by atoms with E-state index in [1.54, 1.807) is 19.1 Å². The Morgan fingerprint density at radius 2 is 1.93 bits per heavy atom. The summed E-state index contributed by atoms with van der Waals surface area (Å²) in [5.74, 6) is 0.576. The molecule has 0 spiro atoms. The van der Waals surface area contributed by atoms with Gasteiger partial charge in [-0.1, -0.05) is 12.1 Å². The van der Waals surface area contributed by atoms with Crippen LogP contribution in [0.4, 0.5) is 0 Å². The van der Waals surface area contributed by atoms with Crippen molar-refractivity contribution >= 4 is 5.78 Å². The smallest absolute Gasteiger partial charge is 0.136 e. The zero-order valence-electron chi connectivity index (χ0n) is 8.29. The highest BCUT2D eigenvalue weighted by Gasteiger charge is 2.46. The molecular formula is C12H14O2. The fourth-order valence-corrected chi connectivity index (χ4v) is 1.81. The molecule has 1 aliphatic rings. The summed E-state index contributed by atoms with van der Waals surface area (Å²) < 4.78 is 0. The molecule has 0 unspecified atom stereocenters. The van der Waals surface area contributed by atoms with Crippen molar-refractivity contribution in [3.8, 4) is 5.75 Å². The second kappa shape index (κ2) is 3.12. The number of aromatic hydroxyl groups is 1. The van der Waals surface area contributed by atoms with E-state index in [2.05, 4.69) is 0 Å². The molecule has 0 amide bonds. The third-order valence-corrected chi connectivity index (χ3v) is 3.08. The van der Waals surface area contributed by atoms with Crippen LogP contribution in [-0.4, -0.2) is 10.9 Å². The summed E-state index contributed by atoms with van der Waals surface area (Å²) in [7, 11) is 0. The largest absolute Gasteiger partial charge is 0.508 e.